The van der Waals surface area contributed by atoms with E-state index in [1.165, 1.54) is 42.3 Å². The van der Waals surface area contributed by atoms with Gasteiger partial charge >= 0.3 is 0 Å². The van der Waals surface area contributed by atoms with E-state index in [4.69, 9.17) is 0 Å². The van der Waals surface area contributed by atoms with Crippen molar-refractivity contribution < 1.29 is 0 Å². The van der Waals surface area contributed by atoms with Crippen molar-refractivity contribution in [1.29, 1.82) is 0 Å². The Morgan fingerprint density at radius 2 is 2.00 bits per heavy atom. The number of aryl methyl sites for hydroxylation is 1. The molecule has 2 aromatic rings. The van der Waals surface area contributed by atoms with E-state index in [-0.39, 0.29) is 24.8 Å². The SMILES string of the molecule is Cc1ccc2c(c1)c1c(n2CC2=CCNCC2)CCCN(C)C1.Cl.Cl. The summed E-state index contributed by atoms with van der Waals surface area (Å²) in [6.45, 7) is 7.71. The predicted molar refractivity (Wildman–Crippen MR) is 111 cm³/mol. The van der Waals surface area contributed by atoms with Crippen molar-refractivity contribution in [3.05, 3.63) is 46.7 Å². The Morgan fingerprint density at radius 3 is 2.76 bits per heavy atom. The topological polar surface area (TPSA) is 20.2 Å². The van der Waals surface area contributed by atoms with E-state index in [1.54, 1.807) is 16.8 Å². The van der Waals surface area contributed by atoms with E-state index >= 15 is 0 Å². The van der Waals surface area contributed by atoms with Crippen LogP contribution in [-0.2, 0) is 19.5 Å². The van der Waals surface area contributed by atoms with Gasteiger partial charge in [-0.3, -0.25) is 0 Å². The maximum atomic E-state index is 3.42. The molecule has 0 unspecified atom stereocenters. The number of benzene rings is 1. The summed E-state index contributed by atoms with van der Waals surface area (Å²) in [6, 6.07) is 6.99. The number of fused-ring (bicyclic) bond motifs is 3. The molecule has 0 fully saturated rings. The van der Waals surface area contributed by atoms with Gasteiger partial charge in [-0.2, -0.15) is 0 Å². The lowest BCUT2D eigenvalue weighted by Gasteiger charge is -2.17. The first-order valence-electron chi connectivity index (χ1n) is 8.90. The first-order chi connectivity index (χ1) is 11.2. The molecule has 0 saturated carbocycles. The highest BCUT2D eigenvalue weighted by molar-refractivity contribution is 5.86. The largest absolute Gasteiger partial charge is 0.340 e. The maximum absolute atomic E-state index is 3.42. The third kappa shape index (κ3) is 4.06. The van der Waals surface area contributed by atoms with Crippen molar-refractivity contribution in [2.75, 3.05) is 26.7 Å². The van der Waals surface area contributed by atoms with E-state index in [2.05, 4.69) is 53.0 Å². The van der Waals surface area contributed by atoms with Crippen LogP contribution in [0.3, 0.4) is 0 Å². The van der Waals surface area contributed by atoms with Crippen molar-refractivity contribution in [2.24, 2.45) is 0 Å². The van der Waals surface area contributed by atoms with Crippen LogP contribution in [0.2, 0.25) is 0 Å². The molecule has 0 aliphatic carbocycles. The van der Waals surface area contributed by atoms with Crippen molar-refractivity contribution in [2.45, 2.75) is 39.3 Å². The molecule has 1 aromatic carbocycles. The average Bonchev–Trinajstić information content (AvgIpc) is 2.70. The fourth-order valence-electron chi connectivity index (χ4n) is 4.12. The van der Waals surface area contributed by atoms with Crippen LogP contribution >= 0.6 is 24.8 Å². The number of hydrogen-bond donors (Lipinski definition) is 1. The summed E-state index contributed by atoms with van der Waals surface area (Å²) in [5.74, 6) is 0. The smallest absolute Gasteiger partial charge is 0.0489 e. The molecule has 0 radical (unpaired) electrons. The normalized spacial score (nSPS) is 17.9. The number of nitrogens with zero attached hydrogens (tertiary/aromatic N) is 2. The Hall–Kier alpha value is -1.00. The first-order valence-corrected chi connectivity index (χ1v) is 8.90. The van der Waals surface area contributed by atoms with Gasteiger partial charge in [0, 0.05) is 36.2 Å². The molecular formula is C20H29Cl2N3. The molecule has 25 heavy (non-hydrogen) atoms. The molecule has 3 heterocycles. The van der Waals surface area contributed by atoms with Crippen molar-refractivity contribution in [3.63, 3.8) is 0 Å². The van der Waals surface area contributed by atoms with Crippen molar-refractivity contribution in [1.82, 2.24) is 14.8 Å². The molecule has 0 saturated heterocycles. The molecule has 2 aliphatic heterocycles. The Kier molecular flexibility index (Phi) is 6.98. The summed E-state index contributed by atoms with van der Waals surface area (Å²) >= 11 is 0. The van der Waals surface area contributed by atoms with Crippen LogP contribution in [0.5, 0.6) is 0 Å². The number of rotatable bonds is 2. The fourth-order valence-corrected chi connectivity index (χ4v) is 4.12. The third-order valence-electron chi connectivity index (χ3n) is 5.34. The van der Waals surface area contributed by atoms with Crippen LogP contribution in [0, 0.1) is 6.92 Å². The van der Waals surface area contributed by atoms with E-state index < -0.39 is 0 Å². The number of aromatic nitrogens is 1. The van der Waals surface area contributed by atoms with Crippen molar-refractivity contribution in [3.8, 4) is 0 Å². The van der Waals surface area contributed by atoms with Gasteiger partial charge in [0.05, 0.1) is 0 Å². The summed E-state index contributed by atoms with van der Waals surface area (Å²) in [5, 5.41) is 4.90. The van der Waals surface area contributed by atoms with Crippen LogP contribution in [0.1, 0.15) is 29.7 Å². The average molecular weight is 382 g/mol. The third-order valence-corrected chi connectivity index (χ3v) is 5.34. The van der Waals surface area contributed by atoms with Crippen LogP contribution in [0.25, 0.3) is 10.9 Å². The van der Waals surface area contributed by atoms with Gasteiger partial charge in [0.25, 0.3) is 0 Å². The Labute approximate surface area is 163 Å². The molecule has 2 aliphatic rings. The summed E-state index contributed by atoms with van der Waals surface area (Å²) in [5.41, 5.74) is 7.52. The van der Waals surface area contributed by atoms with E-state index in [0.717, 1.165) is 26.2 Å². The fraction of sp³-hybridized carbons (Fsp3) is 0.500. The number of halogens is 2. The predicted octanol–water partition coefficient (Wildman–Crippen LogP) is 4.09. The standard InChI is InChI=1S/C20H27N3.2ClH/c1-15-5-6-20-17(12-15)18-14-22(2)11-3-4-19(18)23(20)13-16-7-9-21-10-8-16;;/h5-7,12,21H,3-4,8-11,13-14H2,1-2H3;2*1H. The van der Waals surface area contributed by atoms with Gasteiger partial charge in [0.2, 0.25) is 0 Å². The summed E-state index contributed by atoms with van der Waals surface area (Å²) < 4.78 is 2.61. The zero-order valence-corrected chi connectivity index (χ0v) is 16.8. The molecule has 3 nitrogen and oxygen atoms in total. The minimum absolute atomic E-state index is 0. The monoisotopic (exact) mass is 381 g/mol. The second-order valence-electron chi connectivity index (χ2n) is 7.19. The Balaban J connectivity index is 0.00000113. The highest BCUT2D eigenvalue weighted by Gasteiger charge is 2.21. The van der Waals surface area contributed by atoms with Gasteiger partial charge in [0.1, 0.15) is 0 Å². The van der Waals surface area contributed by atoms with Crippen LogP contribution < -0.4 is 5.32 Å². The molecular weight excluding hydrogens is 353 g/mol. The van der Waals surface area contributed by atoms with Gasteiger partial charge in [-0.25, -0.2) is 0 Å². The van der Waals surface area contributed by atoms with E-state index in [9.17, 15) is 0 Å². The molecule has 138 valence electrons. The molecule has 0 spiro atoms. The number of hydrogen-bond acceptors (Lipinski definition) is 2. The van der Waals surface area contributed by atoms with Crippen molar-refractivity contribution >= 4 is 35.7 Å². The van der Waals surface area contributed by atoms with Gasteiger partial charge in [-0.05, 0) is 64.0 Å². The molecule has 5 heteroatoms. The van der Waals surface area contributed by atoms with Gasteiger partial charge in [-0.1, -0.05) is 23.3 Å². The lowest BCUT2D eigenvalue weighted by Crippen LogP contribution is -2.22. The Morgan fingerprint density at radius 1 is 1.16 bits per heavy atom. The lowest BCUT2D eigenvalue weighted by atomic mass is 10.1. The highest BCUT2D eigenvalue weighted by atomic mass is 35.5. The highest BCUT2D eigenvalue weighted by Crippen LogP contribution is 2.32. The first kappa shape index (κ1) is 20.3. The van der Waals surface area contributed by atoms with Gasteiger partial charge < -0.3 is 14.8 Å². The minimum Gasteiger partial charge on any atom is -0.340 e. The van der Waals surface area contributed by atoms with Gasteiger partial charge in [0.15, 0.2) is 0 Å². The quantitative estimate of drug-likeness (QED) is 0.790. The summed E-state index contributed by atoms with van der Waals surface area (Å²) in [6.07, 6.45) is 6.04. The van der Waals surface area contributed by atoms with Crippen LogP contribution in [0.15, 0.2) is 29.8 Å². The summed E-state index contributed by atoms with van der Waals surface area (Å²) in [7, 11) is 2.25. The van der Waals surface area contributed by atoms with E-state index in [1.807, 2.05) is 0 Å². The molecule has 0 bridgehead atoms. The minimum atomic E-state index is 0. The summed E-state index contributed by atoms with van der Waals surface area (Å²) in [4.78, 5) is 2.47. The molecule has 1 N–H and O–H groups in total. The molecule has 4 rings (SSSR count). The van der Waals surface area contributed by atoms with Crippen LogP contribution in [-0.4, -0.2) is 36.1 Å². The van der Waals surface area contributed by atoms with Gasteiger partial charge in [-0.15, -0.1) is 24.8 Å². The second-order valence-corrected chi connectivity index (χ2v) is 7.19. The molecule has 0 atom stereocenters. The maximum Gasteiger partial charge on any atom is 0.0489 e. The molecule has 1 aromatic heterocycles. The number of nitrogens with one attached hydrogen (secondary N) is 1. The second kappa shape index (κ2) is 8.59. The Bertz CT molecular complexity index is 764. The zero-order chi connectivity index (χ0) is 15.8. The van der Waals surface area contributed by atoms with E-state index in [0.29, 0.717) is 0 Å². The van der Waals surface area contributed by atoms with Crippen LogP contribution in [0.4, 0.5) is 0 Å². The lowest BCUT2D eigenvalue weighted by molar-refractivity contribution is 0.333. The zero-order valence-electron chi connectivity index (χ0n) is 15.2. The molecule has 0 amide bonds.